The van der Waals surface area contributed by atoms with Crippen molar-refractivity contribution in [3.05, 3.63) is 60.8 Å². The zero-order chi connectivity index (χ0) is 41.1. The lowest BCUT2D eigenvalue weighted by atomic mass is 10.1. The predicted octanol–water partition coefficient (Wildman–Crippen LogP) is 14.3. The van der Waals surface area contributed by atoms with Crippen molar-refractivity contribution in [3.63, 3.8) is 0 Å². The second-order valence-electron chi connectivity index (χ2n) is 14.7. The van der Waals surface area contributed by atoms with Crippen molar-refractivity contribution in [3.8, 4) is 0 Å². The largest absolute Gasteiger partial charge is 0.472 e. The van der Waals surface area contributed by atoms with Crippen molar-refractivity contribution in [1.82, 2.24) is 0 Å². The van der Waals surface area contributed by atoms with Crippen molar-refractivity contribution in [2.45, 2.75) is 207 Å². The average molecular weight is 807 g/mol. The Labute approximate surface area is 343 Å². The molecule has 2 atom stereocenters. The van der Waals surface area contributed by atoms with E-state index in [0.717, 1.165) is 89.9 Å². The lowest BCUT2D eigenvalue weighted by Gasteiger charge is -2.19. The van der Waals surface area contributed by atoms with Crippen molar-refractivity contribution in [2.24, 2.45) is 0 Å². The monoisotopic (exact) mass is 807 g/mol. The minimum absolute atomic E-state index is 0.00616. The van der Waals surface area contributed by atoms with Crippen LogP contribution in [0.1, 0.15) is 201 Å². The summed E-state index contributed by atoms with van der Waals surface area (Å²) in [7, 11) is -4.29. The lowest BCUT2D eigenvalue weighted by Crippen LogP contribution is -2.29. The molecular formula is C47H83O8P. The van der Waals surface area contributed by atoms with E-state index >= 15 is 0 Å². The van der Waals surface area contributed by atoms with E-state index in [1.807, 2.05) is 0 Å². The molecule has 0 aromatic heterocycles. The molecular weight excluding hydrogens is 723 g/mol. The van der Waals surface area contributed by atoms with E-state index in [1.165, 1.54) is 70.6 Å². The molecule has 2 unspecified atom stereocenters. The Bertz CT molecular complexity index is 1100. The summed E-state index contributed by atoms with van der Waals surface area (Å²) < 4.78 is 32.7. The molecule has 324 valence electrons. The third kappa shape index (κ3) is 41.4. The maximum atomic E-state index is 12.6. The Morgan fingerprint density at radius 3 is 1.29 bits per heavy atom. The number of allylic oxidation sites excluding steroid dienone is 10. The van der Waals surface area contributed by atoms with Gasteiger partial charge < -0.3 is 14.4 Å². The molecule has 0 amide bonds. The van der Waals surface area contributed by atoms with Gasteiger partial charge in [-0.15, -0.1) is 0 Å². The molecule has 0 spiro atoms. The van der Waals surface area contributed by atoms with E-state index in [-0.39, 0.29) is 32.0 Å². The van der Waals surface area contributed by atoms with Crippen molar-refractivity contribution >= 4 is 19.8 Å². The lowest BCUT2D eigenvalue weighted by molar-refractivity contribution is -0.161. The number of esters is 2. The van der Waals surface area contributed by atoms with Gasteiger partial charge in [0.05, 0.1) is 13.2 Å². The molecule has 0 radical (unpaired) electrons. The zero-order valence-corrected chi connectivity index (χ0v) is 36.9. The number of phosphoric ester groups is 1. The number of carbonyl (C=O) groups is 2. The molecule has 0 aromatic rings. The molecule has 56 heavy (non-hydrogen) atoms. The SMILES string of the molecule is CCCCC/C=C\C/C=C\C/C=C\CCCCCCCCC(=O)OC(COC(=O)CCCCCCCCC/C=C\C/C=C\CCCCC)COP(=O)(O)OCC. The van der Waals surface area contributed by atoms with Crippen LogP contribution in [0.5, 0.6) is 0 Å². The summed E-state index contributed by atoms with van der Waals surface area (Å²) in [6.45, 7) is 5.40. The normalized spacial score (nSPS) is 13.9. The second kappa shape index (κ2) is 42.4. The van der Waals surface area contributed by atoms with Crippen LogP contribution >= 0.6 is 7.82 Å². The number of ether oxygens (including phenoxy) is 2. The van der Waals surface area contributed by atoms with Gasteiger partial charge in [-0.05, 0) is 90.4 Å². The van der Waals surface area contributed by atoms with E-state index in [9.17, 15) is 19.0 Å². The van der Waals surface area contributed by atoms with Gasteiger partial charge in [0.15, 0.2) is 6.10 Å². The van der Waals surface area contributed by atoms with Crippen LogP contribution in [0.2, 0.25) is 0 Å². The number of carbonyl (C=O) groups excluding carboxylic acids is 2. The molecule has 9 heteroatoms. The maximum absolute atomic E-state index is 12.6. The molecule has 0 bridgehead atoms. The molecule has 0 saturated carbocycles. The highest BCUT2D eigenvalue weighted by Crippen LogP contribution is 2.43. The summed E-state index contributed by atoms with van der Waals surface area (Å²) in [5.74, 6) is -0.822. The van der Waals surface area contributed by atoms with Crippen LogP contribution in [0.15, 0.2) is 60.8 Å². The van der Waals surface area contributed by atoms with Crippen molar-refractivity contribution in [2.75, 3.05) is 19.8 Å². The highest BCUT2D eigenvalue weighted by atomic mass is 31.2. The first-order valence-corrected chi connectivity index (χ1v) is 24.1. The number of hydrogen-bond acceptors (Lipinski definition) is 7. The van der Waals surface area contributed by atoms with Gasteiger partial charge in [-0.2, -0.15) is 0 Å². The van der Waals surface area contributed by atoms with Crippen molar-refractivity contribution in [1.29, 1.82) is 0 Å². The van der Waals surface area contributed by atoms with Crippen LogP contribution in [-0.4, -0.2) is 42.8 Å². The summed E-state index contributed by atoms with van der Waals surface area (Å²) in [4.78, 5) is 34.8. The summed E-state index contributed by atoms with van der Waals surface area (Å²) in [5.41, 5.74) is 0. The van der Waals surface area contributed by atoms with Gasteiger partial charge in [0, 0.05) is 12.8 Å². The summed E-state index contributed by atoms with van der Waals surface area (Å²) in [5, 5.41) is 0. The van der Waals surface area contributed by atoms with Gasteiger partial charge in [-0.25, -0.2) is 4.57 Å². The van der Waals surface area contributed by atoms with Crippen LogP contribution in [-0.2, 0) is 32.7 Å². The Hall–Kier alpha value is -2.25. The smallest absolute Gasteiger partial charge is 0.462 e. The first-order valence-electron chi connectivity index (χ1n) is 22.6. The van der Waals surface area contributed by atoms with E-state index in [4.69, 9.17) is 18.5 Å². The van der Waals surface area contributed by atoms with Crippen LogP contribution in [0.3, 0.4) is 0 Å². The van der Waals surface area contributed by atoms with Gasteiger partial charge in [0.2, 0.25) is 0 Å². The van der Waals surface area contributed by atoms with Gasteiger partial charge in [0.1, 0.15) is 6.61 Å². The molecule has 0 heterocycles. The Morgan fingerprint density at radius 1 is 0.482 bits per heavy atom. The highest BCUT2D eigenvalue weighted by molar-refractivity contribution is 7.47. The number of phosphoric acid groups is 1. The average Bonchev–Trinajstić information content (AvgIpc) is 3.18. The predicted molar refractivity (Wildman–Crippen MR) is 235 cm³/mol. The van der Waals surface area contributed by atoms with Crippen LogP contribution in [0, 0.1) is 0 Å². The molecule has 1 N–H and O–H groups in total. The van der Waals surface area contributed by atoms with Gasteiger partial charge in [0.25, 0.3) is 0 Å². The van der Waals surface area contributed by atoms with Gasteiger partial charge in [-0.3, -0.25) is 18.6 Å². The quantitative estimate of drug-likeness (QED) is 0.0282. The zero-order valence-electron chi connectivity index (χ0n) is 36.0. The Morgan fingerprint density at radius 2 is 0.857 bits per heavy atom. The van der Waals surface area contributed by atoms with Crippen molar-refractivity contribution < 1.29 is 37.6 Å². The molecule has 0 aliphatic heterocycles. The third-order valence-electron chi connectivity index (χ3n) is 9.30. The molecule has 0 aliphatic rings. The molecule has 8 nitrogen and oxygen atoms in total. The summed E-state index contributed by atoms with van der Waals surface area (Å²) >= 11 is 0. The van der Waals surface area contributed by atoms with Crippen LogP contribution in [0.25, 0.3) is 0 Å². The Kier molecular flexibility index (Phi) is 40.7. The van der Waals surface area contributed by atoms with Crippen LogP contribution in [0.4, 0.5) is 0 Å². The molecule has 0 aliphatic carbocycles. The fourth-order valence-electron chi connectivity index (χ4n) is 5.96. The van der Waals surface area contributed by atoms with Gasteiger partial charge >= 0.3 is 19.8 Å². The fraction of sp³-hybridized carbons (Fsp3) is 0.745. The fourth-order valence-corrected chi connectivity index (χ4v) is 6.72. The van der Waals surface area contributed by atoms with E-state index in [2.05, 4.69) is 74.6 Å². The number of unbranched alkanes of at least 4 members (excludes halogenated alkanes) is 19. The molecule has 0 rings (SSSR count). The first kappa shape index (κ1) is 53.8. The third-order valence-corrected chi connectivity index (χ3v) is 10.4. The van der Waals surface area contributed by atoms with E-state index < -0.39 is 26.5 Å². The standard InChI is InChI=1S/C47H83O8P/c1-4-7-9-11-13-15-17-19-21-23-24-26-28-30-32-34-36-38-40-42-47(49)55-45(44-54-56(50,51)53-6-3)43-52-46(48)41-39-37-35-33-31-29-27-25-22-20-18-16-14-12-10-8-5-2/h13-16,19-22,24,26,45H,4-12,17-18,23,25,27-44H2,1-3H3,(H,50,51)/b15-13-,16-14-,21-19-,22-20-,26-24-. The molecule has 0 fully saturated rings. The van der Waals surface area contributed by atoms with Crippen LogP contribution < -0.4 is 0 Å². The maximum Gasteiger partial charge on any atom is 0.472 e. The number of rotatable bonds is 41. The molecule has 0 saturated heterocycles. The topological polar surface area (TPSA) is 108 Å². The summed E-state index contributed by atoms with van der Waals surface area (Å²) in [6.07, 6.45) is 51.2. The van der Waals surface area contributed by atoms with Gasteiger partial charge in [-0.1, -0.05) is 158 Å². The highest BCUT2D eigenvalue weighted by Gasteiger charge is 2.25. The first-order chi connectivity index (χ1) is 27.3. The minimum Gasteiger partial charge on any atom is -0.462 e. The summed E-state index contributed by atoms with van der Waals surface area (Å²) in [6, 6.07) is 0. The van der Waals surface area contributed by atoms with E-state index in [1.54, 1.807) is 6.92 Å². The minimum atomic E-state index is -4.29. The number of hydrogen-bond donors (Lipinski definition) is 1. The Balaban J connectivity index is 4.11. The van der Waals surface area contributed by atoms with E-state index in [0.29, 0.717) is 6.42 Å². The second-order valence-corrected chi connectivity index (χ2v) is 16.2. The molecule has 0 aromatic carbocycles.